The molecule has 0 unspecified atom stereocenters. The normalized spacial score (nSPS) is 14.1. The van der Waals surface area contributed by atoms with Gasteiger partial charge in [0.05, 0.1) is 11.1 Å². The first kappa shape index (κ1) is 24.4. The molecule has 3 heterocycles. The van der Waals surface area contributed by atoms with Crippen molar-refractivity contribution in [3.05, 3.63) is 72.1 Å². The van der Waals surface area contributed by atoms with Gasteiger partial charge in [0.15, 0.2) is 0 Å². The zero-order chi connectivity index (χ0) is 26.3. The maximum Gasteiger partial charge on any atom is 0.407 e. The first-order valence-electron chi connectivity index (χ1n) is 12.2. The third-order valence-corrected chi connectivity index (χ3v) is 6.31. The van der Waals surface area contributed by atoms with Crippen LogP contribution in [0, 0.1) is 0 Å². The summed E-state index contributed by atoms with van der Waals surface area (Å²) in [5.41, 5.74) is 3.18. The van der Waals surface area contributed by atoms with Gasteiger partial charge in [-0.15, -0.1) is 0 Å². The van der Waals surface area contributed by atoms with Gasteiger partial charge < -0.3 is 23.9 Å². The van der Waals surface area contributed by atoms with Crippen molar-refractivity contribution >= 4 is 51.0 Å². The molecule has 2 aromatic heterocycles. The lowest BCUT2D eigenvalue weighted by atomic mass is 9.95. The standard InChI is InChI=1S/C29H29N3O5/c1-29(2,3)37-28(35)30-14-9-15-32-17-21(19-11-6-8-13-23(19)32)25-24(26(33)36-27(25)34)20-16-31(4)22-12-7-5-10-18(20)22/h5-8,10-13,16-17H,9,14-15H2,1-4H3,(H,30,35). The van der Waals surface area contributed by atoms with Crippen LogP contribution in [0.2, 0.25) is 0 Å². The molecule has 1 N–H and O–H groups in total. The highest BCUT2D eigenvalue weighted by molar-refractivity contribution is 6.46. The van der Waals surface area contributed by atoms with E-state index >= 15 is 0 Å². The maximum absolute atomic E-state index is 13.0. The van der Waals surface area contributed by atoms with Gasteiger partial charge in [0.2, 0.25) is 0 Å². The molecule has 0 spiro atoms. The molecule has 5 rings (SSSR count). The van der Waals surface area contributed by atoms with Crippen LogP contribution in [0.3, 0.4) is 0 Å². The summed E-state index contributed by atoms with van der Waals surface area (Å²) in [5, 5.41) is 4.50. The fourth-order valence-electron chi connectivity index (χ4n) is 4.81. The molecule has 4 aromatic rings. The Morgan fingerprint density at radius 2 is 1.46 bits per heavy atom. The molecular weight excluding hydrogens is 470 g/mol. The number of carbonyl (C=O) groups is 3. The van der Waals surface area contributed by atoms with Crippen molar-refractivity contribution in [2.75, 3.05) is 6.54 Å². The van der Waals surface area contributed by atoms with Gasteiger partial charge in [-0.2, -0.15) is 0 Å². The zero-order valence-electron chi connectivity index (χ0n) is 21.3. The summed E-state index contributed by atoms with van der Waals surface area (Å²) < 4.78 is 14.4. The Kier molecular flexibility index (Phi) is 6.11. The SMILES string of the molecule is Cn1cc(C2=C(c3cn(CCCNC(=O)OC(C)(C)C)c4ccccc34)C(=O)OC2=O)c2ccccc21. The van der Waals surface area contributed by atoms with Crippen LogP contribution >= 0.6 is 0 Å². The summed E-state index contributed by atoms with van der Waals surface area (Å²) in [4.78, 5) is 38.0. The number of hydrogen-bond donors (Lipinski definition) is 1. The Hall–Kier alpha value is -4.33. The van der Waals surface area contributed by atoms with Gasteiger partial charge in [-0.3, -0.25) is 0 Å². The van der Waals surface area contributed by atoms with Crippen molar-refractivity contribution in [3.63, 3.8) is 0 Å². The molecule has 2 aromatic carbocycles. The number of esters is 2. The van der Waals surface area contributed by atoms with Crippen LogP contribution in [0.5, 0.6) is 0 Å². The Labute approximate surface area is 214 Å². The van der Waals surface area contributed by atoms with Gasteiger partial charge in [-0.25, -0.2) is 14.4 Å². The number of hydrogen-bond acceptors (Lipinski definition) is 5. The number of carbonyl (C=O) groups excluding carboxylic acids is 3. The van der Waals surface area contributed by atoms with Crippen LogP contribution in [-0.4, -0.2) is 39.3 Å². The molecule has 1 amide bonds. The number of para-hydroxylation sites is 2. The summed E-state index contributed by atoms with van der Waals surface area (Å²) in [6, 6.07) is 15.5. The summed E-state index contributed by atoms with van der Waals surface area (Å²) >= 11 is 0. The fourth-order valence-corrected chi connectivity index (χ4v) is 4.81. The number of rotatable bonds is 6. The second-order valence-electron chi connectivity index (χ2n) is 10.1. The first-order chi connectivity index (χ1) is 17.6. The number of aromatic nitrogens is 2. The van der Waals surface area contributed by atoms with Crippen LogP contribution in [0.25, 0.3) is 33.0 Å². The largest absolute Gasteiger partial charge is 0.444 e. The number of alkyl carbamates (subject to hydrolysis) is 1. The minimum Gasteiger partial charge on any atom is -0.444 e. The number of ether oxygens (including phenoxy) is 2. The Morgan fingerprint density at radius 3 is 2.11 bits per heavy atom. The fraction of sp³-hybridized carbons (Fsp3) is 0.276. The maximum atomic E-state index is 13.0. The van der Waals surface area contributed by atoms with Gasteiger partial charge in [-0.1, -0.05) is 36.4 Å². The third kappa shape index (κ3) is 4.62. The molecular formula is C29H29N3O5. The predicted octanol–water partition coefficient (Wildman–Crippen LogP) is 5.04. The van der Waals surface area contributed by atoms with Crippen LogP contribution in [0.15, 0.2) is 60.9 Å². The highest BCUT2D eigenvalue weighted by atomic mass is 16.6. The number of amides is 1. The monoisotopic (exact) mass is 499 g/mol. The molecule has 0 fully saturated rings. The van der Waals surface area contributed by atoms with Gasteiger partial charge >= 0.3 is 18.0 Å². The van der Waals surface area contributed by atoms with E-state index in [0.717, 1.165) is 21.8 Å². The van der Waals surface area contributed by atoms with Crippen molar-refractivity contribution < 1.29 is 23.9 Å². The van der Waals surface area contributed by atoms with Crippen molar-refractivity contribution in [1.82, 2.24) is 14.5 Å². The third-order valence-electron chi connectivity index (χ3n) is 6.31. The molecule has 0 aliphatic carbocycles. The minimum absolute atomic E-state index is 0.267. The van der Waals surface area contributed by atoms with E-state index in [1.807, 2.05) is 97.9 Å². The van der Waals surface area contributed by atoms with Crippen molar-refractivity contribution in [2.24, 2.45) is 7.05 Å². The molecule has 8 heteroatoms. The van der Waals surface area contributed by atoms with Gasteiger partial charge in [0.1, 0.15) is 5.60 Å². The zero-order valence-corrected chi connectivity index (χ0v) is 21.3. The summed E-state index contributed by atoms with van der Waals surface area (Å²) in [5.74, 6) is -1.29. The second kappa shape index (κ2) is 9.28. The highest BCUT2D eigenvalue weighted by Crippen LogP contribution is 2.40. The smallest absolute Gasteiger partial charge is 0.407 e. The predicted molar refractivity (Wildman–Crippen MR) is 142 cm³/mol. The molecule has 0 atom stereocenters. The number of fused-ring (bicyclic) bond motifs is 2. The van der Waals surface area contributed by atoms with Crippen LogP contribution in [-0.2, 0) is 32.7 Å². The van der Waals surface area contributed by atoms with E-state index in [4.69, 9.17) is 9.47 Å². The highest BCUT2D eigenvalue weighted by Gasteiger charge is 2.37. The van der Waals surface area contributed by atoms with E-state index in [1.165, 1.54) is 0 Å². The second-order valence-corrected chi connectivity index (χ2v) is 10.1. The molecule has 0 bridgehead atoms. The molecule has 0 saturated heterocycles. The van der Waals surface area contributed by atoms with E-state index in [-0.39, 0.29) is 11.1 Å². The topological polar surface area (TPSA) is 91.6 Å². The Bertz CT molecular complexity index is 1580. The lowest BCUT2D eigenvalue weighted by molar-refractivity contribution is -0.149. The number of aryl methyl sites for hydroxylation is 2. The molecule has 0 radical (unpaired) electrons. The van der Waals surface area contributed by atoms with E-state index in [9.17, 15) is 14.4 Å². The number of cyclic esters (lactones) is 2. The average Bonchev–Trinajstić information content (AvgIpc) is 3.46. The van der Waals surface area contributed by atoms with Crippen LogP contribution in [0.1, 0.15) is 38.3 Å². The first-order valence-corrected chi connectivity index (χ1v) is 12.2. The summed E-state index contributed by atoms with van der Waals surface area (Å²) in [6.07, 6.45) is 3.94. The minimum atomic E-state index is -0.651. The number of nitrogens with zero attached hydrogens (tertiary/aromatic N) is 2. The number of nitrogens with one attached hydrogen (secondary N) is 1. The van der Waals surface area contributed by atoms with Gasteiger partial charge in [0, 0.05) is 65.5 Å². The van der Waals surface area contributed by atoms with Gasteiger partial charge in [-0.05, 0) is 39.3 Å². The summed E-state index contributed by atoms with van der Waals surface area (Å²) in [6.45, 7) is 6.48. The van der Waals surface area contributed by atoms with Crippen LogP contribution in [0.4, 0.5) is 4.79 Å². The van der Waals surface area contributed by atoms with Gasteiger partial charge in [0.25, 0.3) is 0 Å². The Morgan fingerprint density at radius 1 is 0.892 bits per heavy atom. The van der Waals surface area contributed by atoms with E-state index in [0.29, 0.717) is 30.6 Å². The van der Waals surface area contributed by atoms with E-state index in [2.05, 4.69) is 5.32 Å². The lowest BCUT2D eigenvalue weighted by Crippen LogP contribution is -2.33. The Balaban J connectivity index is 1.51. The van der Waals surface area contributed by atoms with Crippen molar-refractivity contribution in [2.45, 2.75) is 39.3 Å². The molecule has 8 nitrogen and oxygen atoms in total. The summed E-state index contributed by atoms with van der Waals surface area (Å²) in [7, 11) is 1.91. The quantitative estimate of drug-likeness (QED) is 0.228. The van der Waals surface area contributed by atoms with Crippen molar-refractivity contribution in [1.29, 1.82) is 0 Å². The van der Waals surface area contributed by atoms with Crippen LogP contribution < -0.4 is 5.32 Å². The lowest BCUT2D eigenvalue weighted by Gasteiger charge is -2.19. The number of benzene rings is 2. The molecule has 37 heavy (non-hydrogen) atoms. The molecule has 0 saturated carbocycles. The molecule has 190 valence electrons. The van der Waals surface area contributed by atoms with E-state index < -0.39 is 23.6 Å². The molecule has 1 aliphatic rings. The van der Waals surface area contributed by atoms with E-state index in [1.54, 1.807) is 0 Å². The average molecular weight is 500 g/mol. The van der Waals surface area contributed by atoms with Crippen molar-refractivity contribution in [3.8, 4) is 0 Å². The molecule has 1 aliphatic heterocycles.